The van der Waals surface area contributed by atoms with Crippen LogP contribution in [0.25, 0.3) is 11.3 Å². The first-order chi connectivity index (χ1) is 33.7. The average molecular weight is 990 g/mol. The number of nitriles is 1. The molecular weight excluding hydrogens is 928 g/mol. The molecule has 1 aliphatic heterocycles. The van der Waals surface area contributed by atoms with Crippen LogP contribution in [0, 0.1) is 34.5 Å². The van der Waals surface area contributed by atoms with Gasteiger partial charge < -0.3 is 49.7 Å². The van der Waals surface area contributed by atoms with Gasteiger partial charge >= 0.3 is 0 Å². The van der Waals surface area contributed by atoms with E-state index in [1.54, 1.807) is 85.8 Å². The molecule has 0 spiro atoms. The molecule has 3 atom stereocenters. The number of aromatic nitrogens is 1. The molecule has 7 rings (SSSR count). The van der Waals surface area contributed by atoms with E-state index in [4.69, 9.17) is 35.0 Å². The lowest BCUT2D eigenvalue weighted by atomic mass is 9.49. The van der Waals surface area contributed by atoms with Gasteiger partial charge in [0.2, 0.25) is 11.8 Å². The number of Topliss-reactive ketones (excluding diaryl/α,β-unsaturated/α-hetero) is 1. The number of phenolic OH excluding ortho intramolecular Hbond substituents is 1. The number of oxazole rings is 1. The summed E-state index contributed by atoms with van der Waals surface area (Å²) >= 11 is 6.24. The number of nitrogens with zero attached hydrogens (tertiary/aromatic N) is 2. The lowest BCUT2D eigenvalue weighted by Crippen LogP contribution is -2.74. The first-order valence-electron chi connectivity index (χ1n) is 23.5. The normalized spacial score (nSPS) is 18.7. The summed E-state index contributed by atoms with van der Waals surface area (Å²) in [6, 6.07) is 22.6. The number of aromatic hydroxyl groups is 1. The van der Waals surface area contributed by atoms with Gasteiger partial charge in [0.15, 0.2) is 17.9 Å². The van der Waals surface area contributed by atoms with Crippen LogP contribution in [0.2, 0.25) is 5.02 Å². The quantitative estimate of drug-likeness (QED) is 0.0491. The smallest absolute Gasteiger partial charge is 0.251 e. The largest absolute Gasteiger partial charge is 0.507 e. The number of hydrogen-bond donors (Lipinski definition) is 5. The molecule has 2 unspecified atom stereocenters. The van der Waals surface area contributed by atoms with E-state index in [1.165, 1.54) is 12.5 Å². The third-order valence-corrected chi connectivity index (χ3v) is 13.4. The van der Waals surface area contributed by atoms with Crippen molar-refractivity contribution >= 4 is 35.1 Å². The van der Waals surface area contributed by atoms with E-state index in [-0.39, 0.29) is 49.5 Å². The van der Waals surface area contributed by atoms with Crippen molar-refractivity contribution in [3.05, 3.63) is 119 Å². The number of aryl methyl sites for hydroxylation is 1. The molecule has 2 heterocycles. The number of ketones is 1. The summed E-state index contributed by atoms with van der Waals surface area (Å²) in [5, 5.41) is 32.7. The third kappa shape index (κ3) is 12.0. The van der Waals surface area contributed by atoms with Crippen molar-refractivity contribution in [2.45, 2.75) is 98.5 Å². The lowest BCUT2D eigenvalue weighted by molar-refractivity contribution is -0.164. The molecule has 5 N–H and O–H groups in total. The zero-order chi connectivity index (χ0) is 51.3. The molecule has 1 saturated heterocycles. The number of rotatable bonds is 19. The molecule has 4 aromatic carbocycles. The summed E-state index contributed by atoms with van der Waals surface area (Å²) in [5.41, 5.74) is 0.535. The number of hydrogen-bond acceptors (Lipinski definition) is 13. The standard InChI is InChI=1S/C54H61ClN6O10/c1-31-46(69-30-58-31)39-22-14-33(26-42(39)62)44(60-49(66)41-10-9-23-57-41)45(64)47(52(2,3)4)59-43(63)29-67-24-25-68-35-18-20-37(21-19-35)70-36-15-11-32(12-16-36)48(65)61-50-53(5,6)51(54(50,7)8)71-38-17-13-34(28-56)40(55)27-38/h11-22,26-27,30,41,44,47,50-51,57,62H,9-10,23-25,29H2,1-8H3,(H,59,63)(H,60,66)(H,61,65)/t41?,44?,47-,50?,51?/m1/s1. The second-order valence-corrected chi connectivity index (χ2v) is 20.6. The number of carbonyl (C=O) groups is 4. The van der Waals surface area contributed by atoms with Gasteiger partial charge in [0.1, 0.15) is 60.2 Å². The van der Waals surface area contributed by atoms with Crippen molar-refractivity contribution in [2.24, 2.45) is 16.2 Å². The zero-order valence-corrected chi connectivity index (χ0v) is 41.9. The maximum absolute atomic E-state index is 14.4. The van der Waals surface area contributed by atoms with Gasteiger partial charge in [-0.3, -0.25) is 19.2 Å². The van der Waals surface area contributed by atoms with Gasteiger partial charge in [-0.2, -0.15) is 5.26 Å². The second kappa shape index (κ2) is 21.6. The van der Waals surface area contributed by atoms with Crippen LogP contribution in [0.1, 0.15) is 94.5 Å². The molecule has 16 nitrogen and oxygen atoms in total. The van der Waals surface area contributed by atoms with E-state index in [1.807, 2.05) is 48.5 Å². The summed E-state index contributed by atoms with van der Waals surface area (Å²) in [7, 11) is 0. The Kier molecular flexibility index (Phi) is 15.8. The van der Waals surface area contributed by atoms with Crippen LogP contribution in [0.4, 0.5) is 0 Å². The summed E-state index contributed by atoms with van der Waals surface area (Å²) < 4.78 is 29.3. The Morgan fingerprint density at radius 2 is 1.58 bits per heavy atom. The minimum Gasteiger partial charge on any atom is -0.507 e. The monoisotopic (exact) mass is 988 g/mol. The van der Waals surface area contributed by atoms with Crippen LogP contribution in [0.15, 0.2) is 95.7 Å². The van der Waals surface area contributed by atoms with Gasteiger partial charge in [-0.25, -0.2) is 4.98 Å². The van der Waals surface area contributed by atoms with Crippen molar-refractivity contribution in [3.63, 3.8) is 0 Å². The Bertz CT molecular complexity index is 2760. The average Bonchev–Trinajstić information content (AvgIpc) is 4.03. The Morgan fingerprint density at radius 3 is 2.17 bits per heavy atom. The van der Waals surface area contributed by atoms with Gasteiger partial charge in [-0.15, -0.1) is 0 Å². The third-order valence-electron chi connectivity index (χ3n) is 13.1. The zero-order valence-electron chi connectivity index (χ0n) is 41.2. The van der Waals surface area contributed by atoms with Crippen molar-refractivity contribution in [3.8, 4) is 46.1 Å². The fourth-order valence-electron chi connectivity index (χ4n) is 9.64. The second-order valence-electron chi connectivity index (χ2n) is 20.2. The number of halogens is 1. The molecule has 5 aromatic rings. The highest BCUT2D eigenvalue weighted by molar-refractivity contribution is 6.31. The Labute approximate surface area is 418 Å². The Hall–Kier alpha value is -6.93. The van der Waals surface area contributed by atoms with E-state index in [0.717, 1.165) is 6.42 Å². The molecule has 1 aliphatic carbocycles. The van der Waals surface area contributed by atoms with Crippen LogP contribution in [-0.2, 0) is 19.1 Å². The SMILES string of the molecule is Cc1ncoc1-c1ccc(C(NC(=O)C2CCCN2)C(=O)[C@@H](NC(=O)COCCOc2ccc(Oc3ccc(C(=O)NC4C(C)(C)C(Oc5ccc(C#N)c(Cl)c5)C4(C)C)cc3)cc2)C(C)(C)C)cc1O. The van der Waals surface area contributed by atoms with Crippen LogP contribution in [-0.4, -0.2) is 84.2 Å². The first kappa shape index (κ1) is 51.9. The Balaban J connectivity index is 0.872. The highest BCUT2D eigenvalue weighted by Gasteiger charge is 2.64. The van der Waals surface area contributed by atoms with Crippen LogP contribution < -0.4 is 35.5 Å². The fraction of sp³-hybridized carbons (Fsp3) is 0.407. The van der Waals surface area contributed by atoms with Gasteiger partial charge in [-0.05, 0) is 110 Å². The number of phenols is 1. The van der Waals surface area contributed by atoms with E-state index in [2.05, 4.69) is 32.3 Å². The molecule has 71 heavy (non-hydrogen) atoms. The lowest BCUT2D eigenvalue weighted by Gasteiger charge is -2.63. The number of amides is 3. The van der Waals surface area contributed by atoms with E-state index < -0.39 is 46.1 Å². The number of nitrogens with one attached hydrogen (secondary N) is 4. The maximum atomic E-state index is 14.4. The summed E-state index contributed by atoms with van der Waals surface area (Å²) in [6.07, 6.45) is 2.47. The van der Waals surface area contributed by atoms with Gasteiger partial charge in [0.05, 0.1) is 40.5 Å². The van der Waals surface area contributed by atoms with Gasteiger partial charge in [0.25, 0.3) is 5.91 Å². The van der Waals surface area contributed by atoms with Crippen LogP contribution in [0.5, 0.6) is 28.7 Å². The highest BCUT2D eigenvalue weighted by atomic mass is 35.5. The van der Waals surface area contributed by atoms with E-state index in [0.29, 0.717) is 74.7 Å². The molecule has 0 radical (unpaired) electrons. The molecule has 17 heteroatoms. The summed E-state index contributed by atoms with van der Waals surface area (Å²) in [5.74, 6) is 0.818. The fourth-order valence-corrected chi connectivity index (χ4v) is 9.85. The molecule has 374 valence electrons. The van der Waals surface area contributed by atoms with Crippen LogP contribution in [0.3, 0.4) is 0 Å². The van der Waals surface area contributed by atoms with E-state index in [9.17, 15) is 29.5 Å². The molecule has 3 amide bonds. The van der Waals surface area contributed by atoms with Crippen molar-refractivity contribution < 1.29 is 47.6 Å². The summed E-state index contributed by atoms with van der Waals surface area (Å²) in [6.45, 7) is 15.9. The van der Waals surface area contributed by atoms with Gasteiger partial charge in [-0.1, -0.05) is 66.1 Å². The summed E-state index contributed by atoms with van der Waals surface area (Å²) in [4.78, 5) is 58.7. The molecule has 0 bridgehead atoms. The first-order valence-corrected chi connectivity index (χ1v) is 23.9. The minimum atomic E-state index is -1.20. The van der Waals surface area contributed by atoms with Crippen molar-refractivity contribution in [1.82, 2.24) is 26.3 Å². The van der Waals surface area contributed by atoms with Crippen LogP contribution >= 0.6 is 11.6 Å². The molecule has 2 fully saturated rings. The number of ether oxygens (including phenoxy) is 4. The molecule has 1 saturated carbocycles. The Morgan fingerprint density at radius 1 is 0.915 bits per heavy atom. The van der Waals surface area contributed by atoms with E-state index >= 15 is 0 Å². The number of carbonyl (C=O) groups excluding carboxylic acids is 4. The maximum Gasteiger partial charge on any atom is 0.251 e. The minimum absolute atomic E-state index is 0.0705. The molecular formula is C54H61ClN6O10. The number of benzene rings is 4. The topological polar surface area (TPSA) is 223 Å². The highest BCUT2D eigenvalue weighted by Crippen LogP contribution is 2.55. The molecule has 2 aliphatic rings. The molecule has 1 aromatic heterocycles. The van der Waals surface area contributed by atoms with Crippen molar-refractivity contribution in [2.75, 3.05) is 26.4 Å². The van der Waals surface area contributed by atoms with Gasteiger partial charge in [0, 0.05) is 28.5 Å². The predicted octanol–water partition coefficient (Wildman–Crippen LogP) is 8.39. The predicted molar refractivity (Wildman–Crippen MR) is 265 cm³/mol. The van der Waals surface area contributed by atoms with Crippen molar-refractivity contribution in [1.29, 1.82) is 5.26 Å².